The molecule has 56 heavy (non-hydrogen) atoms. The van der Waals surface area contributed by atoms with Gasteiger partial charge in [0, 0.05) is 24.2 Å². The summed E-state index contributed by atoms with van der Waals surface area (Å²) in [6.07, 6.45) is 5.97. The van der Waals surface area contributed by atoms with Gasteiger partial charge in [-0.3, -0.25) is 4.79 Å². The lowest BCUT2D eigenvalue weighted by Gasteiger charge is -2.16. The van der Waals surface area contributed by atoms with Crippen LogP contribution in [0.2, 0.25) is 10.3 Å². The SMILES string of the molecule is CCc1nc(N)nc2ccc(-c3ccc(N4CCCC4=O)cc3)nc12.CCc1nc(N)nc2ccc(Cl)nc12.Nc1nc(-n2cncn2)c2nc(Cl)ccc2n1. The minimum atomic E-state index is 0.145. The lowest BCUT2D eigenvalue weighted by molar-refractivity contribution is -0.117. The summed E-state index contributed by atoms with van der Waals surface area (Å²) >= 11 is 11.6. The summed E-state index contributed by atoms with van der Waals surface area (Å²) in [6.45, 7) is 4.81. The van der Waals surface area contributed by atoms with Gasteiger partial charge in [-0.15, -0.1) is 0 Å². The van der Waals surface area contributed by atoms with E-state index in [-0.39, 0.29) is 23.8 Å². The number of benzene rings is 1. The number of aromatic nitrogens is 12. The van der Waals surface area contributed by atoms with Crippen LogP contribution in [0, 0.1) is 0 Å². The molecule has 17 nitrogen and oxygen atoms in total. The first kappa shape index (κ1) is 37.6. The third-order valence-electron chi connectivity index (χ3n) is 8.59. The predicted octanol–water partition coefficient (Wildman–Crippen LogP) is 5.63. The number of fused-ring (bicyclic) bond motifs is 3. The number of hydrogen-bond donors (Lipinski definition) is 3. The molecule has 0 aliphatic carbocycles. The lowest BCUT2D eigenvalue weighted by atomic mass is 10.1. The molecule has 1 aliphatic rings. The monoisotopic (exact) mass is 788 g/mol. The Morgan fingerprint density at radius 2 is 1.20 bits per heavy atom. The fourth-order valence-electron chi connectivity index (χ4n) is 6.02. The summed E-state index contributed by atoms with van der Waals surface area (Å²) in [5.41, 5.74) is 25.5. The van der Waals surface area contributed by atoms with E-state index >= 15 is 0 Å². The van der Waals surface area contributed by atoms with Crippen LogP contribution in [0.5, 0.6) is 0 Å². The van der Waals surface area contributed by atoms with Gasteiger partial charge in [0.2, 0.25) is 23.8 Å². The molecule has 8 aromatic rings. The number of nitrogens with two attached hydrogens (primary N) is 3. The zero-order chi connectivity index (χ0) is 39.3. The van der Waals surface area contributed by atoms with Gasteiger partial charge >= 0.3 is 0 Å². The summed E-state index contributed by atoms with van der Waals surface area (Å²) in [4.78, 5) is 55.5. The number of nitrogen functional groups attached to an aromatic ring is 3. The molecular weight excluding hydrogens is 755 g/mol. The summed E-state index contributed by atoms with van der Waals surface area (Å²) in [5, 5.41) is 4.78. The van der Waals surface area contributed by atoms with Crippen LogP contribution in [0.3, 0.4) is 0 Å². The highest BCUT2D eigenvalue weighted by Gasteiger charge is 2.21. The zero-order valence-electron chi connectivity index (χ0n) is 30.2. The molecule has 1 aliphatic heterocycles. The van der Waals surface area contributed by atoms with Crippen LogP contribution >= 0.6 is 23.2 Å². The second kappa shape index (κ2) is 16.3. The highest BCUT2D eigenvalue weighted by atomic mass is 35.5. The van der Waals surface area contributed by atoms with E-state index in [2.05, 4.69) is 50.0 Å². The largest absolute Gasteiger partial charge is 0.368 e. The molecule has 1 fully saturated rings. The topological polar surface area (TPSA) is 245 Å². The highest BCUT2D eigenvalue weighted by molar-refractivity contribution is 6.30. The van der Waals surface area contributed by atoms with Gasteiger partial charge in [-0.1, -0.05) is 49.2 Å². The van der Waals surface area contributed by atoms with Crippen LogP contribution in [-0.4, -0.2) is 72.1 Å². The van der Waals surface area contributed by atoms with Gasteiger partial charge in [0.15, 0.2) is 5.82 Å². The summed E-state index contributed by atoms with van der Waals surface area (Å²) < 4.78 is 1.46. The number of anilines is 4. The number of aryl methyl sites for hydroxylation is 2. The van der Waals surface area contributed by atoms with Crippen LogP contribution in [0.1, 0.15) is 38.1 Å². The van der Waals surface area contributed by atoms with E-state index < -0.39 is 0 Å². The van der Waals surface area contributed by atoms with Crippen molar-refractivity contribution in [1.29, 1.82) is 0 Å². The molecule has 9 rings (SSSR count). The maximum absolute atomic E-state index is 11.9. The van der Waals surface area contributed by atoms with Crippen molar-refractivity contribution >= 4 is 85.7 Å². The van der Waals surface area contributed by atoms with Gasteiger partial charge in [-0.25, -0.2) is 49.5 Å². The van der Waals surface area contributed by atoms with Gasteiger partial charge < -0.3 is 22.1 Å². The van der Waals surface area contributed by atoms with E-state index in [1.54, 1.807) is 24.3 Å². The Balaban J connectivity index is 0.000000135. The Morgan fingerprint density at radius 3 is 1.75 bits per heavy atom. The number of carbonyl (C=O) groups is 1. The highest BCUT2D eigenvalue weighted by Crippen LogP contribution is 2.27. The first-order valence-corrected chi connectivity index (χ1v) is 18.2. The lowest BCUT2D eigenvalue weighted by Crippen LogP contribution is -2.23. The molecule has 1 amide bonds. The van der Waals surface area contributed by atoms with E-state index in [1.807, 2.05) is 55.1 Å². The third kappa shape index (κ3) is 8.18. The standard InChI is InChI=1S/C19H19N5O.C9H6ClN7.C9H9ClN4/c1-2-14-18-16(23-19(20)22-14)10-9-15(21-18)12-5-7-13(8-6-12)24-11-3-4-17(24)25;10-6-2-1-5-7(15-6)8(16-9(11)14-5)17-4-12-3-13-17;1-2-5-8-6(13-9(11)12-5)3-4-7(10)14-8/h5-10H,2-4,11H2,1H3,(H2,20,22,23);1-4H,(H2,11,14,16);3-4H,2H2,1H3,(H2,11,12,13). The molecule has 0 bridgehead atoms. The second-order valence-electron chi connectivity index (χ2n) is 12.3. The van der Waals surface area contributed by atoms with Gasteiger partial charge in [-0.05, 0) is 67.8 Å². The third-order valence-corrected chi connectivity index (χ3v) is 9.01. The molecule has 282 valence electrons. The van der Waals surface area contributed by atoms with Crippen molar-refractivity contribution in [1.82, 2.24) is 59.6 Å². The van der Waals surface area contributed by atoms with E-state index in [0.717, 1.165) is 76.2 Å². The number of hydrogen-bond acceptors (Lipinski definition) is 15. The molecule has 7 aromatic heterocycles. The summed E-state index contributed by atoms with van der Waals surface area (Å²) in [5.74, 6) is 1.34. The van der Waals surface area contributed by atoms with Gasteiger partial charge in [0.25, 0.3) is 0 Å². The second-order valence-corrected chi connectivity index (χ2v) is 13.0. The van der Waals surface area contributed by atoms with Gasteiger partial charge in [0.1, 0.15) is 39.5 Å². The van der Waals surface area contributed by atoms with Crippen molar-refractivity contribution in [3.05, 3.63) is 95.0 Å². The normalized spacial score (nSPS) is 12.4. The zero-order valence-corrected chi connectivity index (χ0v) is 31.7. The minimum absolute atomic E-state index is 0.145. The Morgan fingerprint density at radius 1 is 0.643 bits per heavy atom. The minimum Gasteiger partial charge on any atom is -0.368 e. The number of nitrogens with zero attached hydrogens (tertiary/aromatic N) is 13. The average Bonchev–Trinajstić information content (AvgIpc) is 3.90. The van der Waals surface area contributed by atoms with Crippen molar-refractivity contribution in [2.75, 3.05) is 28.6 Å². The van der Waals surface area contributed by atoms with Crippen LogP contribution in [0.15, 0.2) is 73.3 Å². The Hall–Kier alpha value is -6.72. The Kier molecular flexibility index (Phi) is 11.0. The number of halogens is 2. The van der Waals surface area contributed by atoms with Crippen molar-refractivity contribution < 1.29 is 4.79 Å². The molecule has 1 aromatic carbocycles. The molecule has 0 unspecified atom stereocenters. The van der Waals surface area contributed by atoms with Crippen molar-refractivity contribution in [3.63, 3.8) is 0 Å². The molecule has 1 saturated heterocycles. The molecular formula is C37H34Cl2N16O. The quantitative estimate of drug-likeness (QED) is 0.179. The predicted molar refractivity (Wildman–Crippen MR) is 216 cm³/mol. The summed E-state index contributed by atoms with van der Waals surface area (Å²) in [6, 6.07) is 18.7. The number of amides is 1. The van der Waals surface area contributed by atoms with Crippen molar-refractivity contribution in [2.24, 2.45) is 0 Å². The van der Waals surface area contributed by atoms with Crippen molar-refractivity contribution in [2.45, 2.75) is 39.5 Å². The maximum Gasteiger partial charge on any atom is 0.227 e. The first-order chi connectivity index (χ1) is 27.1. The first-order valence-electron chi connectivity index (χ1n) is 17.5. The molecule has 8 heterocycles. The van der Waals surface area contributed by atoms with Crippen molar-refractivity contribution in [3.8, 4) is 17.1 Å². The maximum atomic E-state index is 11.9. The van der Waals surface area contributed by atoms with E-state index in [0.29, 0.717) is 33.6 Å². The molecule has 0 saturated carbocycles. The van der Waals surface area contributed by atoms with Crippen LogP contribution < -0.4 is 22.1 Å². The fourth-order valence-corrected chi connectivity index (χ4v) is 6.32. The van der Waals surface area contributed by atoms with Crippen LogP contribution in [0.4, 0.5) is 23.5 Å². The smallest absolute Gasteiger partial charge is 0.227 e. The van der Waals surface area contributed by atoms with E-state index in [4.69, 9.17) is 45.4 Å². The van der Waals surface area contributed by atoms with Crippen LogP contribution in [-0.2, 0) is 17.6 Å². The molecule has 0 atom stereocenters. The van der Waals surface area contributed by atoms with E-state index in [9.17, 15) is 4.79 Å². The Labute approximate surface area is 329 Å². The number of rotatable bonds is 5. The average molecular weight is 790 g/mol. The summed E-state index contributed by atoms with van der Waals surface area (Å²) in [7, 11) is 0. The van der Waals surface area contributed by atoms with Gasteiger partial charge in [0.05, 0.1) is 33.6 Å². The fraction of sp³-hybridized carbons (Fsp3) is 0.189. The van der Waals surface area contributed by atoms with E-state index in [1.165, 1.54) is 17.3 Å². The molecule has 0 spiro atoms. The molecule has 19 heteroatoms. The molecule has 0 radical (unpaired) electrons. The number of pyridine rings is 3. The number of carbonyl (C=O) groups excluding carboxylic acids is 1. The van der Waals surface area contributed by atoms with Crippen LogP contribution in [0.25, 0.3) is 50.2 Å². The molecule has 6 N–H and O–H groups in total. The van der Waals surface area contributed by atoms with Gasteiger partial charge in [-0.2, -0.15) is 10.1 Å². The Bertz CT molecular complexity index is 2690.